The van der Waals surface area contributed by atoms with E-state index in [0.717, 1.165) is 16.0 Å². The highest BCUT2D eigenvalue weighted by Gasteiger charge is 2.37. The molecule has 29 heavy (non-hydrogen) atoms. The molecule has 1 unspecified atom stereocenters. The fourth-order valence-corrected chi connectivity index (χ4v) is 3.53. The van der Waals surface area contributed by atoms with Crippen LogP contribution in [0, 0.1) is 10.1 Å². The van der Waals surface area contributed by atoms with E-state index in [1.54, 1.807) is 0 Å². The first-order chi connectivity index (χ1) is 13.9. The minimum atomic E-state index is -0.584. The number of amides is 1. The molecule has 2 aromatic rings. The number of nitrogens with one attached hydrogen (secondary N) is 2. The largest absolute Gasteiger partial charge is 0.496 e. The van der Waals surface area contributed by atoms with Crippen molar-refractivity contribution in [2.24, 2.45) is 0 Å². The Balaban J connectivity index is 1.78. The third kappa shape index (κ3) is 4.52. The zero-order chi connectivity index (χ0) is 21.0. The molecule has 0 saturated carbocycles. The van der Waals surface area contributed by atoms with Crippen LogP contribution < -0.4 is 15.0 Å². The number of nitro benzene ring substituents is 1. The van der Waals surface area contributed by atoms with Gasteiger partial charge in [0.05, 0.1) is 25.2 Å². The molecule has 2 atom stereocenters. The molecule has 1 heterocycles. The lowest BCUT2D eigenvalue weighted by molar-refractivity contribution is -0.924. The topological polar surface area (TPSA) is 112 Å². The van der Waals surface area contributed by atoms with Crippen LogP contribution in [0.3, 0.4) is 0 Å². The number of methoxy groups -OCH3 is 2. The third-order valence-electron chi connectivity index (χ3n) is 5.00. The van der Waals surface area contributed by atoms with Gasteiger partial charge < -0.3 is 19.7 Å². The normalized spacial score (nSPS) is 17.7. The summed E-state index contributed by atoms with van der Waals surface area (Å²) in [7, 11) is 2.73. The van der Waals surface area contributed by atoms with Crippen LogP contribution in [0.5, 0.6) is 5.75 Å². The van der Waals surface area contributed by atoms with E-state index >= 15 is 0 Å². The first kappa shape index (κ1) is 20.3. The molecular formula is C20H22N3O6+. The van der Waals surface area contributed by atoms with Crippen molar-refractivity contribution in [3.8, 4) is 5.75 Å². The van der Waals surface area contributed by atoms with E-state index in [9.17, 15) is 19.7 Å². The molecule has 0 aromatic heterocycles. The monoisotopic (exact) mass is 400 g/mol. The van der Waals surface area contributed by atoms with Gasteiger partial charge in [-0.2, -0.15) is 0 Å². The van der Waals surface area contributed by atoms with Gasteiger partial charge in [-0.3, -0.25) is 14.9 Å². The van der Waals surface area contributed by atoms with Crippen LogP contribution in [-0.2, 0) is 27.3 Å². The Morgan fingerprint density at radius 2 is 1.93 bits per heavy atom. The van der Waals surface area contributed by atoms with Crippen molar-refractivity contribution in [2.45, 2.75) is 19.0 Å². The number of rotatable bonds is 6. The van der Waals surface area contributed by atoms with Gasteiger partial charge in [-0.15, -0.1) is 0 Å². The summed E-state index contributed by atoms with van der Waals surface area (Å²) < 4.78 is 9.92. The average Bonchev–Trinajstić information content (AvgIpc) is 2.72. The Kier molecular flexibility index (Phi) is 6.08. The van der Waals surface area contributed by atoms with E-state index < -0.39 is 22.8 Å². The summed E-state index contributed by atoms with van der Waals surface area (Å²) in [5.74, 6) is -0.502. The van der Waals surface area contributed by atoms with Gasteiger partial charge >= 0.3 is 5.97 Å². The highest BCUT2D eigenvalue weighted by atomic mass is 16.6. The summed E-state index contributed by atoms with van der Waals surface area (Å²) >= 11 is 0. The Morgan fingerprint density at radius 1 is 1.21 bits per heavy atom. The number of quaternary nitrogens is 1. The van der Waals surface area contributed by atoms with Crippen LogP contribution in [-0.4, -0.2) is 43.6 Å². The highest BCUT2D eigenvalue weighted by Crippen LogP contribution is 2.28. The van der Waals surface area contributed by atoms with E-state index in [-0.39, 0.29) is 17.9 Å². The molecule has 0 bridgehead atoms. The van der Waals surface area contributed by atoms with Crippen LogP contribution in [0.2, 0.25) is 0 Å². The van der Waals surface area contributed by atoms with Crippen molar-refractivity contribution in [2.75, 3.05) is 26.1 Å². The molecule has 1 aliphatic rings. The van der Waals surface area contributed by atoms with E-state index in [4.69, 9.17) is 9.47 Å². The Labute approximate surface area is 167 Å². The summed E-state index contributed by atoms with van der Waals surface area (Å²) in [4.78, 5) is 36.4. The van der Waals surface area contributed by atoms with Crippen LogP contribution in [0.15, 0.2) is 42.5 Å². The van der Waals surface area contributed by atoms with Crippen LogP contribution in [0.25, 0.3) is 0 Å². The Bertz CT molecular complexity index is 946. The number of carbonyl (C=O) groups excluding carboxylic acids is 2. The van der Waals surface area contributed by atoms with E-state index in [0.29, 0.717) is 18.7 Å². The second kappa shape index (κ2) is 8.70. The number of esters is 1. The van der Waals surface area contributed by atoms with Gasteiger partial charge in [0, 0.05) is 12.0 Å². The number of ether oxygens (including phenoxy) is 2. The fraction of sp³-hybridized carbons (Fsp3) is 0.300. The molecule has 0 saturated heterocycles. The third-order valence-corrected chi connectivity index (χ3v) is 5.00. The van der Waals surface area contributed by atoms with Crippen LogP contribution >= 0.6 is 0 Å². The maximum atomic E-state index is 12.6. The first-order valence-electron chi connectivity index (χ1n) is 9.04. The molecule has 152 valence electrons. The number of carbonyl (C=O) groups is 2. The number of hydrogen-bond donors (Lipinski definition) is 2. The minimum Gasteiger partial charge on any atom is -0.496 e. The van der Waals surface area contributed by atoms with Gasteiger partial charge in [0.25, 0.3) is 11.6 Å². The fourth-order valence-electron chi connectivity index (χ4n) is 3.53. The summed E-state index contributed by atoms with van der Waals surface area (Å²) in [6.07, 6.45) is 0.466. The lowest BCUT2D eigenvalue weighted by Gasteiger charge is -2.31. The van der Waals surface area contributed by atoms with Crippen molar-refractivity contribution in [3.05, 3.63) is 63.7 Å². The summed E-state index contributed by atoms with van der Waals surface area (Å²) in [5, 5.41) is 13.9. The van der Waals surface area contributed by atoms with E-state index in [2.05, 4.69) is 5.32 Å². The molecule has 9 heteroatoms. The standard InChI is InChI=1S/C20H21N3O6/c1-28-15-7-8-16(17(10-15)23(26)27)21-19(24)12-22-11-14-6-4-3-5-13(14)9-18(22)20(25)29-2/h3-8,10,18H,9,11-12H2,1-2H3,(H,21,24)/p+1/t18-/m0/s1. The molecule has 1 aliphatic heterocycles. The second-order valence-corrected chi connectivity index (χ2v) is 6.75. The summed E-state index contributed by atoms with van der Waals surface area (Å²) in [5.41, 5.74) is 1.93. The van der Waals surface area contributed by atoms with Gasteiger partial charge in [-0.25, -0.2) is 4.79 Å². The zero-order valence-corrected chi connectivity index (χ0v) is 16.1. The molecule has 0 fully saturated rings. The highest BCUT2D eigenvalue weighted by molar-refractivity contribution is 5.94. The van der Waals surface area contributed by atoms with Crippen LogP contribution in [0.4, 0.5) is 11.4 Å². The maximum absolute atomic E-state index is 12.6. The number of nitro groups is 1. The zero-order valence-electron chi connectivity index (χ0n) is 16.1. The molecule has 1 amide bonds. The predicted octanol–water partition coefficient (Wildman–Crippen LogP) is 0.725. The quantitative estimate of drug-likeness (QED) is 0.420. The number of hydrogen-bond acceptors (Lipinski definition) is 6. The molecule has 2 aromatic carbocycles. The SMILES string of the molecule is COC(=O)[C@@H]1Cc2ccccc2C[NH+]1CC(=O)Nc1ccc(OC)cc1[N+](=O)[O-]. The van der Waals surface area contributed by atoms with Gasteiger partial charge in [-0.1, -0.05) is 24.3 Å². The first-order valence-corrected chi connectivity index (χ1v) is 9.04. The van der Waals surface area contributed by atoms with E-state index in [1.165, 1.54) is 32.4 Å². The second-order valence-electron chi connectivity index (χ2n) is 6.75. The van der Waals surface area contributed by atoms with Crippen molar-refractivity contribution in [3.63, 3.8) is 0 Å². The van der Waals surface area contributed by atoms with Gasteiger partial charge in [0.1, 0.15) is 18.0 Å². The molecule has 2 N–H and O–H groups in total. The van der Waals surface area contributed by atoms with Crippen molar-refractivity contribution in [1.82, 2.24) is 0 Å². The van der Waals surface area contributed by atoms with E-state index in [1.807, 2.05) is 24.3 Å². The molecule has 3 rings (SSSR count). The lowest BCUT2D eigenvalue weighted by Crippen LogP contribution is -3.17. The Morgan fingerprint density at radius 3 is 2.59 bits per heavy atom. The Hall–Kier alpha value is -3.46. The predicted molar refractivity (Wildman–Crippen MR) is 104 cm³/mol. The summed E-state index contributed by atoms with van der Waals surface area (Å²) in [6.45, 7) is 0.450. The molecular weight excluding hydrogens is 378 g/mol. The molecule has 0 radical (unpaired) electrons. The number of nitrogens with zero attached hydrogens (tertiary/aromatic N) is 1. The molecule has 9 nitrogen and oxygen atoms in total. The molecule has 0 spiro atoms. The number of anilines is 1. The van der Waals surface area contributed by atoms with Crippen LogP contribution in [0.1, 0.15) is 11.1 Å². The van der Waals surface area contributed by atoms with Crippen molar-refractivity contribution in [1.29, 1.82) is 0 Å². The minimum absolute atomic E-state index is 0.0305. The smallest absolute Gasteiger partial charge is 0.365 e. The molecule has 0 aliphatic carbocycles. The van der Waals surface area contributed by atoms with Crippen molar-refractivity contribution >= 4 is 23.3 Å². The van der Waals surface area contributed by atoms with Gasteiger partial charge in [-0.05, 0) is 17.7 Å². The van der Waals surface area contributed by atoms with Gasteiger partial charge in [0.15, 0.2) is 12.6 Å². The maximum Gasteiger partial charge on any atom is 0.365 e. The number of benzene rings is 2. The lowest BCUT2D eigenvalue weighted by atomic mass is 9.94. The summed E-state index contributed by atoms with van der Waals surface area (Å²) in [6, 6.07) is 11.4. The van der Waals surface area contributed by atoms with Gasteiger partial charge in [0.2, 0.25) is 0 Å². The van der Waals surface area contributed by atoms with Crippen molar-refractivity contribution < 1.29 is 28.9 Å². The average molecular weight is 400 g/mol. The number of fused-ring (bicyclic) bond motifs is 1.